The Kier molecular flexibility index (Phi) is 6.23. The van der Waals surface area contributed by atoms with Crippen molar-refractivity contribution in [1.29, 1.82) is 0 Å². The van der Waals surface area contributed by atoms with Crippen LogP contribution < -0.4 is 19.8 Å². The molecule has 150 valence electrons. The third-order valence-electron chi connectivity index (χ3n) is 4.77. The molecule has 28 heavy (non-hydrogen) atoms. The lowest BCUT2D eigenvalue weighted by Crippen LogP contribution is -2.31. The highest BCUT2D eigenvalue weighted by molar-refractivity contribution is 5.77. The number of nitrogens with zero attached hydrogens (tertiary/aromatic N) is 1. The Morgan fingerprint density at radius 3 is 2.71 bits per heavy atom. The molecule has 0 aliphatic carbocycles. The van der Waals surface area contributed by atoms with Gasteiger partial charge in [0.25, 0.3) is 0 Å². The Morgan fingerprint density at radius 1 is 1.18 bits per heavy atom. The highest BCUT2D eigenvalue weighted by atomic mass is 16.5. The molecular formula is C21H25NO6. The van der Waals surface area contributed by atoms with Crippen LogP contribution in [0.1, 0.15) is 24.2 Å². The second-order valence-electron chi connectivity index (χ2n) is 6.77. The van der Waals surface area contributed by atoms with Crippen molar-refractivity contribution in [2.45, 2.75) is 32.3 Å². The van der Waals surface area contributed by atoms with Crippen LogP contribution in [0.5, 0.6) is 17.2 Å². The average molecular weight is 387 g/mol. The van der Waals surface area contributed by atoms with E-state index in [0.717, 1.165) is 17.7 Å². The summed E-state index contributed by atoms with van der Waals surface area (Å²) in [6, 6.07) is 8.61. The SMILES string of the molecule is COc1ccc(CCC(=O)N2CC[C@H](Oc3cc(C)oc(=O)c3)C2)c(OC)c1. The summed E-state index contributed by atoms with van der Waals surface area (Å²) in [7, 11) is 3.21. The third kappa shape index (κ3) is 4.85. The maximum atomic E-state index is 12.6. The molecule has 0 saturated carbocycles. The summed E-state index contributed by atoms with van der Waals surface area (Å²) in [5.41, 5.74) is 0.532. The fourth-order valence-corrected chi connectivity index (χ4v) is 3.35. The second kappa shape index (κ2) is 8.82. The number of carbonyl (C=O) groups is 1. The lowest BCUT2D eigenvalue weighted by Gasteiger charge is -2.18. The van der Waals surface area contributed by atoms with Crippen LogP contribution >= 0.6 is 0 Å². The van der Waals surface area contributed by atoms with Gasteiger partial charge in [0.05, 0.1) is 26.8 Å². The molecule has 1 aliphatic heterocycles. The number of hydrogen-bond acceptors (Lipinski definition) is 6. The smallest absolute Gasteiger partial charge is 0.339 e. The summed E-state index contributed by atoms with van der Waals surface area (Å²) in [5, 5.41) is 0. The zero-order valence-corrected chi connectivity index (χ0v) is 16.4. The molecule has 1 aliphatic rings. The first-order valence-electron chi connectivity index (χ1n) is 9.25. The number of rotatable bonds is 7. The van der Waals surface area contributed by atoms with E-state index in [-0.39, 0.29) is 12.0 Å². The molecule has 0 bridgehead atoms. The summed E-state index contributed by atoms with van der Waals surface area (Å²) in [6.45, 7) is 2.85. The van der Waals surface area contributed by atoms with Gasteiger partial charge in [-0.15, -0.1) is 0 Å². The van der Waals surface area contributed by atoms with Crippen molar-refractivity contribution < 1.29 is 23.4 Å². The van der Waals surface area contributed by atoms with E-state index in [4.69, 9.17) is 18.6 Å². The molecule has 7 nitrogen and oxygen atoms in total. The minimum atomic E-state index is -0.436. The summed E-state index contributed by atoms with van der Waals surface area (Å²) in [5.74, 6) is 2.50. The van der Waals surface area contributed by atoms with E-state index >= 15 is 0 Å². The molecular weight excluding hydrogens is 362 g/mol. The van der Waals surface area contributed by atoms with Gasteiger partial charge in [-0.25, -0.2) is 4.79 Å². The van der Waals surface area contributed by atoms with Crippen LogP contribution in [0, 0.1) is 6.92 Å². The van der Waals surface area contributed by atoms with E-state index in [2.05, 4.69) is 0 Å². The van der Waals surface area contributed by atoms with Crippen LogP contribution in [0.2, 0.25) is 0 Å². The van der Waals surface area contributed by atoms with Crippen molar-refractivity contribution in [2.75, 3.05) is 27.3 Å². The van der Waals surface area contributed by atoms with Crippen LogP contribution in [0.3, 0.4) is 0 Å². The number of hydrogen-bond donors (Lipinski definition) is 0. The largest absolute Gasteiger partial charge is 0.497 e. The van der Waals surface area contributed by atoms with Gasteiger partial charge in [-0.2, -0.15) is 0 Å². The molecule has 3 rings (SSSR count). The maximum absolute atomic E-state index is 12.6. The topological polar surface area (TPSA) is 78.2 Å². The van der Waals surface area contributed by atoms with Gasteiger partial charge >= 0.3 is 5.63 Å². The normalized spacial score (nSPS) is 16.1. The zero-order chi connectivity index (χ0) is 20.1. The number of aryl methyl sites for hydroxylation is 2. The quantitative estimate of drug-likeness (QED) is 0.727. The Bertz CT molecular complexity index is 891. The van der Waals surface area contributed by atoms with Crippen LogP contribution in [-0.4, -0.2) is 44.2 Å². The molecule has 2 heterocycles. The number of amides is 1. The molecule has 0 N–H and O–H groups in total. The Labute approximate surface area is 163 Å². The molecule has 1 atom stereocenters. The number of benzene rings is 1. The van der Waals surface area contributed by atoms with Gasteiger partial charge in [-0.3, -0.25) is 4.79 Å². The van der Waals surface area contributed by atoms with Gasteiger partial charge in [-0.05, 0) is 25.0 Å². The van der Waals surface area contributed by atoms with Crippen LogP contribution in [-0.2, 0) is 11.2 Å². The first-order chi connectivity index (χ1) is 13.5. The van der Waals surface area contributed by atoms with Crippen molar-refractivity contribution in [3.63, 3.8) is 0 Å². The van der Waals surface area contributed by atoms with Gasteiger partial charge in [0, 0.05) is 31.5 Å². The fourth-order valence-electron chi connectivity index (χ4n) is 3.35. The molecule has 0 unspecified atom stereocenters. The van der Waals surface area contributed by atoms with Crippen LogP contribution in [0.15, 0.2) is 39.5 Å². The highest BCUT2D eigenvalue weighted by Crippen LogP contribution is 2.26. The van der Waals surface area contributed by atoms with E-state index in [9.17, 15) is 9.59 Å². The molecule has 0 radical (unpaired) electrons. The van der Waals surface area contributed by atoms with E-state index in [0.29, 0.717) is 43.2 Å². The van der Waals surface area contributed by atoms with Crippen molar-refractivity contribution in [1.82, 2.24) is 4.90 Å². The van der Waals surface area contributed by atoms with Gasteiger partial charge in [0.15, 0.2) is 0 Å². The lowest BCUT2D eigenvalue weighted by atomic mass is 10.1. The predicted molar refractivity (Wildman–Crippen MR) is 103 cm³/mol. The number of likely N-dealkylation sites (tertiary alicyclic amines) is 1. The lowest BCUT2D eigenvalue weighted by molar-refractivity contribution is -0.130. The highest BCUT2D eigenvalue weighted by Gasteiger charge is 2.27. The molecule has 1 aromatic heterocycles. The van der Waals surface area contributed by atoms with Crippen molar-refractivity contribution in [2.24, 2.45) is 0 Å². The van der Waals surface area contributed by atoms with E-state index in [1.807, 2.05) is 18.2 Å². The fraction of sp³-hybridized carbons (Fsp3) is 0.429. The van der Waals surface area contributed by atoms with E-state index in [1.165, 1.54) is 6.07 Å². The first-order valence-corrected chi connectivity index (χ1v) is 9.25. The van der Waals surface area contributed by atoms with Crippen LogP contribution in [0.4, 0.5) is 0 Å². The first kappa shape index (κ1) is 19.8. The summed E-state index contributed by atoms with van der Waals surface area (Å²) in [6.07, 6.45) is 1.59. The molecule has 1 fully saturated rings. The van der Waals surface area contributed by atoms with E-state index in [1.54, 1.807) is 32.1 Å². The van der Waals surface area contributed by atoms with Gasteiger partial charge in [0.2, 0.25) is 5.91 Å². The molecule has 1 amide bonds. The Hall–Kier alpha value is -2.96. The summed E-state index contributed by atoms with van der Waals surface area (Å²) in [4.78, 5) is 25.8. The van der Waals surface area contributed by atoms with Crippen molar-refractivity contribution >= 4 is 5.91 Å². The Balaban J connectivity index is 1.54. The molecule has 2 aromatic rings. The van der Waals surface area contributed by atoms with Crippen LogP contribution in [0.25, 0.3) is 0 Å². The monoisotopic (exact) mass is 387 g/mol. The van der Waals surface area contributed by atoms with Crippen molar-refractivity contribution in [3.05, 3.63) is 52.1 Å². The number of ether oxygens (including phenoxy) is 3. The number of carbonyl (C=O) groups excluding carboxylic acids is 1. The Morgan fingerprint density at radius 2 is 2.00 bits per heavy atom. The molecule has 0 spiro atoms. The van der Waals surface area contributed by atoms with Gasteiger partial charge in [-0.1, -0.05) is 6.07 Å². The number of methoxy groups -OCH3 is 2. The standard InChI is InChI=1S/C21H25NO6/c1-14-10-18(12-21(24)27-14)28-17-8-9-22(13-17)20(23)7-5-15-4-6-16(25-2)11-19(15)26-3/h4,6,10-12,17H,5,7-9,13H2,1-3H3/t17-/m0/s1. The second-order valence-corrected chi connectivity index (χ2v) is 6.77. The summed E-state index contributed by atoms with van der Waals surface area (Å²) < 4.78 is 21.4. The minimum absolute atomic E-state index is 0.0766. The van der Waals surface area contributed by atoms with Gasteiger partial charge < -0.3 is 23.5 Å². The average Bonchev–Trinajstić information content (AvgIpc) is 3.13. The van der Waals surface area contributed by atoms with Gasteiger partial charge in [0.1, 0.15) is 29.1 Å². The minimum Gasteiger partial charge on any atom is -0.497 e. The van der Waals surface area contributed by atoms with Crippen molar-refractivity contribution in [3.8, 4) is 17.2 Å². The van der Waals surface area contributed by atoms with E-state index < -0.39 is 5.63 Å². The molecule has 7 heteroatoms. The third-order valence-corrected chi connectivity index (χ3v) is 4.77. The molecule has 1 aromatic carbocycles. The zero-order valence-electron chi connectivity index (χ0n) is 16.4. The summed E-state index contributed by atoms with van der Waals surface area (Å²) >= 11 is 0. The predicted octanol–water partition coefficient (Wildman–Crippen LogP) is 2.58. The molecule has 1 saturated heterocycles. The maximum Gasteiger partial charge on any atom is 0.339 e.